The summed E-state index contributed by atoms with van der Waals surface area (Å²) in [6, 6.07) is 7.79. The number of hydrogen-bond acceptors (Lipinski definition) is 5. The summed E-state index contributed by atoms with van der Waals surface area (Å²) < 4.78 is 2.30. The molecule has 0 saturated carbocycles. The zero-order chi connectivity index (χ0) is 21.0. The van der Waals surface area contributed by atoms with E-state index in [2.05, 4.69) is 42.6 Å². The largest absolute Gasteiger partial charge is 0.325 e. The van der Waals surface area contributed by atoms with Crippen LogP contribution in [0.5, 0.6) is 0 Å². The molecule has 5 nitrogen and oxygen atoms in total. The predicted molar refractivity (Wildman–Crippen MR) is 122 cm³/mol. The summed E-state index contributed by atoms with van der Waals surface area (Å²) in [5.41, 5.74) is 5.22. The molecular weight excluding hydrogens is 400 g/mol. The first-order chi connectivity index (χ1) is 13.8. The van der Waals surface area contributed by atoms with E-state index in [0.29, 0.717) is 12.3 Å². The molecule has 0 aliphatic heterocycles. The van der Waals surface area contributed by atoms with E-state index in [9.17, 15) is 4.79 Å². The summed E-state index contributed by atoms with van der Waals surface area (Å²) in [6.07, 6.45) is 0.295. The highest BCUT2D eigenvalue weighted by Gasteiger charge is 2.14. The van der Waals surface area contributed by atoms with Gasteiger partial charge in [-0.2, -0.15) is 0 Å². The lowest BCUT2D eigenvalue weighted by Gasteiger charge is -2.11. The number of aryl methyl sites for hydroxylation is 2. The van der Waals surface area contributed by atoms with Crippen molar-refractivity contribution in [2.24, 2.45) is 5.92 Å². The third-order valence-corrected chi connectivity index (χ3v) is 6.56. The molecule has 2 heterocycles. The van der Waals surface area contributed by atoms with Gasteiger partial charge in [-0.15, -0.1) is 11.3 Å². The third-order valence-electron chi connectivity index (χ3n) is 4.65. The van der Waals surface area contributed by atoms with E-state index in [1.807, 2.05) is 36.6 Å². The van der Waals surface area contributed by atoms with Gasteiger partial charge in [-0.3, -0.25) is 4.79 Å². The van der Waals surface area contributed by atoms with Crippen molar-refractivity contribution in [3.63, 3.8) is 0 Å². The van der Waals surface area contributed by atoms with Gasteiger partial charge in [0.15, 0.2) is 5.16 Å². The van der Waals surface area contributed by atoms with Gasteiger partial charge in [-0.1, -0.05) is 43.8 Å². The van der Waals surface area contributed by atoms with Gasteiger partial charge < -0.3 is 9.88 Å². The van der Waals surface area contributed by atoms with Crippen molar-refractivity contribution < 1.29 is 4.79 Å². The number of hydrogen-bond donors (Lipinski definition) is 1. The fourth-order valence-electron chi connectivity index (χ4n) is 2.99. The Morgan fingerprint density at radius 2 is 1.97 bits per heavy atom. The average molecular weight is 429 g/mol. The van der Waals surface area contributed by atoms with Gasteiger partial charge in [0.05, 0.1) is 17.8 Å². The lowest BCUT2D eigenvalue weighted by atomic mass is 10.2. The zero-order valence-electron chi connectivity index (χ0n) is 17.7. The molecule has 1 amide bonds. The van der Waals surface area contributed by atoms with Crippen molar-refractivity contribution in [3.05, 3.63) is 57.3 Å². The van der Waals surface area contributed by atoms with Crippen LogP contribution in [0.3, 0.4) is 0 Å². The first-order valence-electron chi connectivity index (χ1n) is 9.78. The number of para-hydroxylation sites is 1. The first kappa shape index (κ1) is 21.6. The maximum atomic E-state index is 12.3. The molecule has 2 aromatic heterocycles. The molecule has 29 heavy (non-hydrogen) atoms. The zero-order valence-corrected chi connectivity index (χ0v) is 19.3. The molecule has 0 radical (unpaired) electrons. The molecule has 1 aromatic carbocycles. The van der Waals surface area contributed by atoms with Gasteiger partial charge >= 0.3 is 0 Å². The molecule has 0 aliphatic rings. The molecule has 7 heteroatoms. The molecule has 154 valence electrons. The van der Waals surface area contributed by atoms with E-state index in [-0.39, 0.29) is 5.91 Å². The number of aromatic nitrogens is 3. The van der Waals surface area contributed by atoms with Crippen LogP contribution in [0, 0.1) is 26.7 Å². The highest BCUT2D eigenvalue weighted by Crippen LogP contribution is 2.26. The van der Waals surface area contributed by atoms with Crippen molar-refractivity contribution in [2.75, 3.05) is 5.32 Å². The molecule has 0 spiro atoms. The second-order valence-corrected chi connectivity index (χ2v) is 9.52. The number of amides is 1. The minimum absolute atomic E-state index is 0.0356. The van der Waals surface area contributed by atoms with Crippen molar-refractivity contribution >= 4 is 34.7 Å². The number of carbonyl (C=O) groups excluding carboxylic acids is 1. The molecule has 1 N–H and O–H groups in total. The van der Waals surface area contributed by atoms with E-state index < -0.39 is 0 Å². The number of rotatable bonds is 8. The molecule has 0 atom stereocenters. The van der Waals surface area contributed by atoms with Crippen LogP contribution in [-0.4, -0.2) is 20.4 Å². The summed E-state index contributed by atoms with van der Waals surface area (Å²) in [5.74, 6) is 1.29. The Balaban J connectivity index is 1.59. The quantitative estimate of drug-likeness (QED) is 0.488. The van der Waals surface area contributed by atoms with Gasteiger partial charge in [0.2, 0.25) is 5.91 Å². The highest BCUT2D eigenvalue weighted by molar-refractivity contribution is 7.98. The van der Waals surface area contributed by atoms with Gasteiger partial charge in [-0.05, 0) is 38.3 Å². The van der Waals surface area contributed by atoms with Crippen molar-refractivity contribution in [1.82, 2.24) is 14.5 Å². The molecular formula is C22H28N4OS2. The number of thiazole rings is 1. The molecule has 0 saturated heterocycles. The topological polar surface area (TPSA) is 59.8 Å². The Hall–Kier alpha value is -2.12. The Bertz CT molecular complexity index is 991. The molecule has 0 aliphatic carbocycles. The van der Waals surface area contributed by atoms with Crippen molar-refractivity contribution in [3.8, 4) is 0 Å². The Labute approximate surface area is 181 Å². The maximum Gasteiger partial charge on any atom is 0.231 e. The number of imidazole rings is 1. The van der Waals surface area contributed by atoms with E-state index in [4.69, 9.17) is 4.98 Å². The first-order valence-corrected chi connectivity index (χ1v) is 11.6. The average Bonchev–Trinajstić information content (AvgIpc) is 3.21. The van der Waals surface area contributed by atoms with E-state index in [1.165, 1.54) is 17.0 Å². The van der Waals surface area contributed by atoms with E-state index >= 15 is 0 Å². The minimum Gasteiger partial charge on any atom is -0.325 e. The Kier molecular flexibility index (Phi) is 7.14. The van der Waals surface area contributed by atoms with Gasteiger partial charge in [-0.25, -0.2) is 9.97 Å². The number of nitrogens with zero attached hydrogens (tertiary/aromatic N) is 3. The predicted octanol–water partition coefficient (Wildman–Crippen LogP) is 5.39. The van der Waals surface area contributed by atoms with Gasteiger partial charge in [0, 0.05) is 29.1 Å². The fourth-order valence-corrected chi connectivity index (χ4v) is 4.89. The van der Waals surface area contributed by atoms with Crippen LogP contribution in [0.1, 0.15) is 41.5 Å². The molecule has 3 rings (SSSR count). The van der Waals surface area contributed by atoms with Crippen LogP contribution in [0.25, 0.3) is 0 Å². The third kappa shape index (κ3) is 5.70. The SMILES string of the molecule is Cc1ccccc1NC(=O)Cc1nc(CSc2nc(C)c(C)n2CC(C)C)cs1. The lowest BCUT2D eigenvalue weighted by Crippen LogP contribution is -2.15. The summed E-state index contributed by atoms with van der Waals surface area (Å²) in [7, 11) is 0. The number of thioether (sulfide) groups is 1. The van der Waals surface area contributed by atoms with Crippen LogP contribution in [0.4, 0.5) is 5.69 Å². The highest BCUT2D eigenvalue weighted by atomic mass is 32.2. The van der Waals surface area contributed by atoms with E-state index in [1.54, 1.807) is 11.8 Å². The number of anilines is 1. The Morgan fingerprint density at radius 1 is 1.21 bits per heavy atom. The standard InChI is InChI=1S/C22H28N4OS2/c1-14(2)11-26-17(5)16(4)23-22(26)29-13-18-12-28-21(24-18)10-20(27)25-19-9-7-6-8-15(19)3/h6-9,12,14H,10-11,13H2,1-5H3,(H,25,27). The van der Waals surface area contributed by atoms with E-state index in [0.717, 1.165) is 45.1 Å². The molecule has 0 unspecified atom stereocenters. The fraction of sp³-hybridized carbons (Fsp3) is 0.409. The number of benzene rings is 1. The normalized spacial score (nSPS) is 11.2. The van der Waals surface area contributed by atoms with Crippen LogP contribution < -0.4 is 5.32 Å². The Morgan fingerprint density at radius 3 is 2.69 bits per heavy atom. The second kappa shape index (κ2) is 9.59. The maximum absolute atomic E-state index is 12.3. The summed E-state index contributed by atoms with van der Waals surface area (Å²) in [6.45, 7) is 11.6. The monoisotopic (exact) mass is 428 g/mol. The smallest absolute Gasteiger partial charge is 0.231 e. The molecule has 0 bridgehead atoms. The minimum atomic E-state index is -0.0356. The summed E-state index contributed by atoms with van der Waals surface area (Å²) in [4.78, 5) is 21.7. The van der Waals surface area contributed by atoms with Gasteiger partial charge in [0.1, 0.15) is 5.01 Å². The summed E-state index contributed by atoms with van der Waals surface area (Å²) >= 11 is 3.25. The van der Waals surface area contributed by atoms with Crippen LogP contribution in [0.15, 0.2) is 34.8 Å². The number of carbonyl (C=O) groups is 1. The van der Waals surface area contributed by atoms with Crippen molar-refractivity contribution in [2.45, 2.75) is 58.5 Å². The second-order valence-electron chi connectivity index (χ2n) is 7.63. The van der Waals surface area contributed by atoms with Crippen LogP contribution in [-0.2, 0) is 23.5 Å². The van der Waals surface area contributed by atoms with Crippen molar-refractivity contribution in [1.29, 1.82) is 0 Å². The van der Waals surface area contributed by atoms with Gasteiger partial charge in [0.25, 0.3) is 0 Å². The lowest BCUT2D eigenvalue weighted by molar-refractivity contribution is -0.115. The molecule has 3 aromatic rings. The number of nitrogens with one attached hydrogen (secondary N) is 1. The van der Waals surface area contributed by atoms with Crippen LogP contribution >= 0.6 is 23.1 Å². The molecule has 0 fully saturated rings. The van der Waals surface area contributed by atoms with Crippen LogP contribution in [0.2, 0.25) is 0 Å². The summed E-state index contributed by atoms with van der Waals surface area (Å²) in [5, 5.41) is 6.89.